The van der Waals surface area contributed by atoms with Crippen molar-refractivity contribution in [3.8, 4) is 5.69 Å². The first-order valence-corrected chi connectivity index (χ1v) is 8.37. The molecule has 0 bridgehead atoms. The molecule has 1 unspecified atom stereocenters. The Labute approximate surface area is 141 Å². The normalized spacial score (nSPS) is 17.9. The quantitative estimate of drug-likeness (QED) is 0.785. The predicted octanol–water partition coefficient (Wildman–Crippen LogP) is 2.95. The van der Waals surface area contributed by atoms with E-state index >= 15 is 0 Å². The summed E-state index contributed by atoms with van der Waals surface area (Å²) in [5, 5.41) is 11.7. The van der Waals surface area contributed by atoms with Crippen LogP contribution in [0.4, 0.5) is 5.69 Å². The molecule has 1 atom stereocenters. The molecule has 122 valence electrons. The Morgan fingerprint density at radius 1 is 1.04 bits per heavy atom. The Kier molecular flexibility index (Phi) is 4.25. The van der Waals surface area contributed by atoms with Crippen LogP contribution in [0.25, 0.3) is 5.69 Å². The summed E-state index contributed by atoms with van der Waals surface area (Å²) in [5.41, 5.74) is 3.52. The molecule has 3 aromatic rings. The summed E-state index contributed by atoms with van der Waals surface area (Å²) in [4.78, 5) is 2.51. The van der Waals surface area contributed by atoms with E-state index in [1.54, 1.807) is 10.9 Å². The van der Waals surface area contributed by atoms with E-state index < -0.39 is 0 Å². The standard InChI is InChI=1S/C19H21N5/c1-2-6-16(7-3-1)14-23-12-10-17(15-23)21-18-8-4-5-9-19(18)24-13-11-20-22-24/h1-9,11,13,17,21H,10,12,14-15H2. The molecule has 5 nitrogen and oxygen atoms in total. The van der Waals surface area contributed by atoms with Crippen LogP contribution >= 0.6 is 0 Å². The maximum atomic E-state index is 4.11. The van der Waals surface area contributed by atoms with Crippen LogP contribution in [0.5, 0.6) is 0 Å². The monoisotopic (exact) mass is 319 g/mol. The summed E-state index contributed by atoms with van der Waals surface area (Å²) >= 11 is 0. The van der Waals surface area contributed by atoms with Crippen molar-refractivity contribution in [2.45, 2.75) is 19.0 Å². The molecule has 1 saturated heterocycles. The summed E-state index contributed by atoms with van der Waals surface area (Å²) in [6.45, 7) is 3.20. The topological polar surface area (TPSA) is 46.0 Å². The van der Waals surface area contributed by atoms with E-state index in [9.17, 15) is 0 Å². The number of likely N-dealkylation sites (tertiary alicyclic amines) is 1. The molecule has 1 aliphatic rings. The Balaban J connectivity index is 1.42. The van der Waals surface area contributed by atoms with Gasteiger partial charge in [0.2, 0.25) is 0 Å². The van der Waals surface area contributed by atoms with Crippen molar-refractivity contribution in [3.63, 3.8) is 0 Å². The highest BCUT2D eigenvalue weighted by atomic mass is 15.4. The predicted molar refractivity (Wildman–Crippen MR) is 95.1 cm³/mol. The van der Waals surface area contributed by atoms with Gasteiger partial charge in [-0.2, -0.15) is 0 Å². The lowest BCUT2D eigenvalue weighted by atomic mass is 10.2. The molecule has 0 spiro atoms. The van der Waals surface area contributed by atoms with Crippen molar-refractivity contribution in [3.05, 3.63) is 72.6 Å². The first-order chi connectivity index (χ1) is 11.9. The molecule has 4 rings (SSSR count). The Bertz CT molecular complexity index is 769. The molecule has 24 heavy (non-hydrogen) atoms. The number of para-hydroxylation sites is 2. The number of anilines is 1. The van der Waals surface area contributed by atoms with Gasteiger partial charge in [-0.25, -0.2) is 4.68 Å². The summed E-state index contributed by atoms with van der Waals surface area (Å²) in [6, 6.07) is 19.4. The molecule has 1 aliphatic heterocycles. The number of hydrogen-bond donors (Lipinski definition) is 1. The van der Waals surface area contributed by atoms with Crippen molar-refractivity contribution >= 4 is 5.69 Å². The van der Waals surface area contributed by atoms with E-state index in [2.05, 4.69) is 69.1 Å². The van der Waals surface area contributed by atoms with Crippen LogP contribution < -0.4 is 5.32 Å². The van der Waals surface area contributed by atoms with Gasteiger partial charge in [-0.1, -0.05) is 47.7 Å². The molecular formula is C19H21N5. The Morgan fingerprint density at radius 2 is 1.88 bits per heavy atom. The molecular weight excluding hydrogens is 298 g/mol. The molecule has 0 amide bonds. The second kappa shape index (κ2) is 6.84. The van der Waals surface area contributed by atoms with Crippen molar-refractivity contribution in [2.75, 3.05) is 18.4 Å². The number of nitrogens with one attached hydrogen (secondary N) is 1. The van der Waals surface area contributed by atoms with E-state index in [-0.39, 0.29) is 0 Å². The average Bonchev–Trinajstić information content (AvgIpc) is 3.29. The first kappa shape index (κ1) is 14.9. The van der Waals surface area contributed by atoms with Crippen LogP contribution in [-0.2, 0) is 6.54 Å². The van der Waals surface area contributed by atoms with Gasteiger partial charge in [0.25, 0.3) is 0 Å². The van der Waals surface area contributed by atoms with E-state index in [0.29, 0.717) is 6.04 Å². The van der Waals surface area contributed by atoms with Gasteiger partial charge in [-0.05, 0) is 24.1 Å². The van der Waals surface area contributed by atoms with Gasteiger partial charge in [0.1, 0.15) is 0 Å². The first-order valence-electron chi connectivity index (χ1n) is 8.37. The number of hydrogen-bond acceptors (Lipinski definition) is 4. The Morgan fingerprint density at radius 3 is 2.71 bits per heavy atom. The van der Waals surface area contributed by atoms with Gasteiger partial charge < -0.3 is 5.32 Å². The molecule has 1 fully saturated rings. The number of benzene rings is 2. The van der Waals surface area contributed by atoms with Gasteiger partial charge in [0.15, 0.2) is 0 Å². The maximum Gasteiger partial charge on any atom is 0.0894 e. The van der Waals surface area contributed by atoms with Crippen molar-refractivity contribution < 1.29 is 0 Å². The molecule has 0 aliphatic carbocycles. The number of aromatic nitrogens is 3. The zero-order valence-corrected chi connectivity index (χ0v) is 13.5. The second-order valence-corrected chi connectivity index (χ2v) is 6.22. The fraction of sp³-hybridized carbons (Fsp3) is 0.263. The number of nitrogens with zero attached hydrogens (tertiary/aromatic N) is 4. The van der Waals surface area contributed by atoms with Gasteiger partial charge in [-0.15, -0.1) is 5.10 Å². The molecule has 5 heteroatoms. The summed E-state index contributed by atoms with van der Waals surface area (Å²) in [5.74, 6) is 0. The zero-order valence-electron chi connectivity index (χ0n) is 13.5. The van der Waals surface area contributed by atoms with Crippen LogP contribution in [-0.4, -0.2) is 39.0 Å². The highest BCUT2D eigenvalue weighted by molar-refractivity contribution is 5.61. The summed E-state index contributed by atoms with van der Waals surface area (Å²) in [7, 11) is 0. The minimum Gasteiger partial charge on any atom is -0.379 e. The third kappa shape index (κ3) is 3.31. The third-order valence-corrected chi connectivity index (χ3v) is 4.45. The SMILES string of the molecule is c1ccc(CN2CCC(Nc3ccccc3-n3ccnn3)C2)cc1. The average molecular weight is 319 g/mol. The fourth-order valence-corrected chi connectivity index (χ4v) is 3.29. The van der Waals surface area contributed by atoms with Gasteiger partial charge in [0, 0.05) is 25.7 Å². The highest BCUT2D eigenvalue weighted by Crippen LogP contribution is 2.23. The van der Waals surface area contributed by atoms with Crippen molar-refractivity contribution in [1.29, 1.82) is 0 Å². The molecule has 0 radical (unpaired) electrons. The van der Waals surface area contributed by atoms with Crippen LogP contribution in [0, 0.1) is 0 Å². The molecule has 2 aromatic carbocycles. The van der Waals surface area contributed by atoms with Crippen LogP contribution in [0.2, 0.25) is 0 Å². The van der Waals surface area contributed by atoms with E-state index in [1.807, 2.05) is 12.3 Å². The lowest BCUT2D eigenvalue weighted by Gasteiger charge is -2.19. The molecule has 2 heterocycles. The molecule has 1 aromatic heterocycles. The van der Waals surface area contributed by atoms with Gasteiger partial charge in [0.05, 0.1) is 23.8 Å². The van der Waals surface area contributed by atoms with Gasteiger partial charge >= 0.3 is 0 Å². The van der Waals surface area contributed by atoms with E-state index in [0.717, 1.165) is 37.4 Å². The van der Waals surface area contributed by atoms with Gasteiger partial charge in [-0.3, -0.25) is 4.90 Å². The van der Waals surface area contributed by atoms with Crippen LogP contribution in [0.3, 0.4) is 0 Å². The third-order valence-electron chi connectivity index (χ3n) is 4.45. The minimum atomic E-state index is 0.457. The lowest BCUT2D eigenvalue weighted by Crippen LogP contribution is -2.26. The van der Waals surface area contributed by atoms with E-state index in [4.69, 9.17) is 0 Å². The summed E-state index contributed by atoms with van der Waals surface area (Å²) < 4.78 is 1.80. The summed E-state index contributed by atoms with van der Waals surface area (Å²) in [6.07, 6.45) is 4.73. The molecule has 0 saturated carbocycles. The van der Waals surface area contributed by atoms with Crippen LogP contribution in [0.1, 0.15) is 12.0 Å². The van der Waals surface area contributed by atoms with Crippen molar-refractivity contribution in [2.24, 2.45) is 0 Å². The van der Waals surface area contributed by atoms with Crippen molar-refractivity contribution in [1.82, 2.24) is 19.9 Å². The highest BCUT2D eigenvalue weighted by Gasteiger charge is 2.23. The fourth-order valence-electron chi connectivity index (χ4n) is 3.29. The second-order valence-electron chi connectivity index (χ2n) is 6.22. The maximum absolute atomic E-state index is 4.11. The smallest absolute Gasteiger partial charge is 0.0894 e. The number of rotatable bonds is 5. The lowest BCUT2D eigenvalue weighted by molar-refractivity contribution is 0.328. The Hall–Kier alpha value is -2.66. The van der Waals surface area contributed by atoms with E-state index in [1.165, 1.54) is 5.56 Å². The zero-order chi connectivity index (χ0) is 16.2. The largest absolute Gasteiger partial charge is 0.379 e. The minimum absolute atomic E-state index is 0.457. The molecule has 1 N–H and O–H groups in total. The van der Waals surface area contributed by atoms with Crippen LogP contribution in [0.15, 0.2) is 67.0 Å².